The largest absolute Gasteiger partial charge is 0.382 e. The summed E-state index contributed by atoms with van der Waals surface area (Å²) in [5.74, 6) is 0.299. The standard InChI is InChI=1S/C12H13ClN4/c1-17(2)9-5-3-8(4-6-9)11-10(13)12(14)16-7-15-11/h3-7H,1-2H3,(H2,14,15,16). The number of halogens is 1. The summed E-state index contributed by atoms with van der Waals surface area (Å²) in [6.45, 7) is 0. The van der Waals surface area contributed by atoms with Crippen molar-refractivity contribution in [3.05, 3.63) is 35.6 Å². The zero-order chi connectivity index (χ0) is 12.4. The van der Waals surface area contributed by atoms with Crippen LogP contribution in [0.1, 0.15) is 0 Å². The molecule has 4 nitrogen and oxygen atoms in total. The van der Waals surface area contributed by atoms with Crippen molar-refractivity contribution in [2.45, 2.75) is 0 Å². The van der Waals surface area contributed by atoms with Crippen molar-refractivity contribution in [2.75, 3.05) is 24.7 Å². The number of rotatable bonds is 2. The highest BCUT2D eigenvalue weighted by Crippen LogP contribution is 2.29. The molecule has 1 aromatic carbocycles. The van der Waals surface area contributed by atoms with Crippen LogP contribution in [0.25, 0.3) is 11.3 Å². The molecule has 0 radical (unpaired) electrons. The molecule has 0 saturated carbocycles. The lowest BCUT2D eigenvalue weighted by atomic mass is 10.1. The zero-order valence-corrected chi connectivity index (χ0v) is 10.4. The molecule has 1 aromatic heterocycles. The van der Waals surface area contributed by atoms with Gasteiger partial charge in [0.15, 0.2) is 0 Å². The van der Waals surface area contributed by atoms with Crippen molar-refractivity contribution < 1.29 is 0 Å². The molecule has 0 bridgehead atoms. The maximum absolute atomic E-state index is 6.07. The maximum atomic E-state index is 6.07. The van der Waals surface area contributed by atoms with Gasteiger partial charge in [0.05, 0.1) is 5.69 Å². The predicted octanol–water partition coefficient (Wildman–Crippen LogP) is 2.45. The first-order chi connectivity index (χ1) is 8.09. The first kappa shape index (κ1) is 11.7. The van der Waals surface area contributed by atoms with Crippen LogP contribution in [0.3, 0.4) is 0 Å². The zero-order valence-electron chi connectivity index (χ0n) is 9.68. The Morgan fingerprint density at radius 1 is 1.12 bits per heavy atom. The van der Waals surface area contributed by atoms with E-state index in [1.165, 1.54) is 6.33 Å². The Kier molecular flexibility index (Phi) is 3.15. The Bertz CT molecular complexity index is 523. The molecule has 0 unspecified atom stereocenters. The van der Waals surface area contributed by atoms with Crippen LogP contribution >= 0.6 is 11.6 Å². The van der Waals surface area contributed by atoms with E-state index >= 15 is 0 Å². The summed E-state index contributed by atoms with van der Waals surface area (Å²) in [7, 11) is 3.98. The van der Waals surface area contributed by atoms with Crippen molar-refractivity contribution in [1.82, 2.24) is 9.97 Å². The molecule has 2 rings (SSSR count). The molecule has 17 heavy (non-hydrogen) atoms. The van der Waals surface area contributed by atoms with Gasteiger partial charge in [-0.05, 0) is 12.1 Å². The van der Waals surface area contributed by atoms with Crippen LogP contribution in [-0.2, 0) is 0 Å². The number of hydrogen-bond acceptors (Lipinski definition) is 4. The fraction of sp³-hybridized carbons (Fsp3) is 0.167. The van der Waals surface area contributed by atoms with Gasteiger partial charge in [-0.2, -0.15) is 0 Å². The molecule has 0 atom stereocenters. The molecule has 0 aliphatic rings. The molecule has 5 heteroatoms. The highest BCUT2D eigenvalue weighted by Gasteiger charge is 2.08. The molecule has 2 N–H and O–H groups in total. The number of aromatic nitrogens is 2. The second kappa shape index (κ2) is 4.59. The van der Waals surface area contributed by atoms with Gasteiger partial charge >= 0.3 is 0 Å². The topological polar surface area (TPSA) is 55.0 Å². The number of nitrogen functional groups attached to an aromatic ring is 1. The first-order valence-electron chi connectivity index (χ1n) is 5.13. The van der Waals surface area contributed by atoms with Crippen molar-refractivity contribution in [3.8, 4) is 11.3 Å². The highest BCUT2D eigenvalue weighted by atomic mass is 35.5. The Morgan fingerprint density at radius 3 is 2.35 bits per heavy atom. The molecule has 0 saturated heterocycles. The Hall–Kier alpha value is -1.81. The van der Waals surface area contributed by atoms with Crippen molar-refractivity contribution in [3.63, 3.8) is 0 Å². The van der Waals surface area contributed by atoms with Gasteiger partial charge in [0.1, 0.15) is 17.2 Å². The molecular formula is C12H13ClN4. The molecule has 0 aliphatic heterocycles. The van der Waals surface area contributed by atoms with Gasteiger partial charge in [-0.25, -0.2) is 9.97 Å². The lowest BCUT2D eigenvalue weighted by Gasteiger charge is -2.12. The van der Waals surface area contributed by atoms with Gasteiger partial charge in [-0.1, -0.05) is 23.7 Å². The van der Waals surface area contributed by atoms with E-state index in [1.54, 1.807) is 0 Å². The van der Waals surface area contributed by atoms with Crippen LogP contribution in [-0.4, -0.2) is 24.1 Å². The van der Waals surface area contributed by atoms with Gasteiger partial charge < -0.3 is 10.6 Å². The average molecular weight is 249 g/mol. The Morgan fingerprint density at radius 2 is 1.76 bits per heavy atom. The Labute approximate surface area is 105 Å². The number of nitrogens with zero attached hydrogens (tertiary/aromatic N) is 3. The summed E-state index contributed by atoms with van der Waals surface area (Å²) in [6, 6.07) is 7.93. The number of hydrogen-bond donors (Lipinski definition) is 1. The third kappa shape index (κ3) is 2.31. The summed E-state index contributed by atoms with van der Waals surface area (Å²) in [6.07, 6.45) is 1.41. The SMILES string of the molecule is CN(C)c1ccc(-c2ncnc(N)c2Cl)cc1. The molecule has 0 aliphatic carbocycles. The molecular weight excluding hydrogens is 236 g/mol. The van der Waals surface area contributed by atoms with Crippen LogP contribution in [0.4, 0.5) is 11.5 Å². The van der Waals surface area contributed by atoms with E-state index in [4.69, 9.17) is 17.3 Å². The van der Waals surface area contributed by atoms with E-state index in [0.717, 1.165) is 11.3 Å². The van der Waals surface area contributed by atoms with Crippen LogP contribution in [0.2, 0.25) is 5.02 Å². The van der Waals surface area contributed by atoms with Gasteiger partial charge in [0.25, 0.3) is 0 Å². The summed E-state index contributed by atoms with van der Waals surface area (Å²) in [5.41, 5.74) is 8.34. The summed E-state index contributed by atoms with van der Waals surface area (Å²) < 4.78 is 0. The minimum atomic E-state index is 0.299. The van der Waals surface area contributed by atoms with Crippen molar-refractivity contribution in [2.24, 2.45) is 0 Å². The third-order valence-corrected chi connectivity index (χ3v) is 2.85. The number of benzene rings is 1. The van der Waals surface area contributed by atoms with Gasteiger partial charge in [0, 0.05) is 25.3 Å². The lowest BCUT2D eigenvalue weighted by molar-refractivity contribution is 1.13. The fourth-order valence-electron chi connectivity index (χ4n) is 1.50. The van der Waals surface area contributed by atoms with E-state index in [0.29, 0.717) is 16.5 Å². The van der Waals surface area contributed by atoms with Gasteiger partial charge in [-0.3, -0.25) is 0 Å². The highest BCUT2D eigenvalue weighted by molar-refractivity contribution is 6.35. The first-order valence-corrected chi connectivity index (χ1v) is 5.51. The summed E-state index contributed by atoms with van der Waals surface area (Å²) in [5, 5.41) is 0.394. The molecule has 88 valence electrons. The fourth-order valence-corrected chi connectivity index (χ4v) is 1.71. The summed E-state index contributed by atoms with van der Waals surface area (Å²) >= 11 is 6.07. The molecule has 0 fully saturated rings. The monoisotopic (exact) mass is 248 g/mol. The van der Waals surface area contributed by atoms with E-state index in [-0.39, 0.29) is 0 Å². The van der Waals surface area contributed by atoms with E-state index in [2.05, 4.69) is 9.97 Å². The molecule has 0 spiro atoms. The van der Waals surface area contributed by atoms with Crippen LogP contribution in [0.5, 0.6) is 0 Å². The maximum Gasteiger partial charge on any atom is 0.146 e. The average Bonchev–Trinajstić information content (AvgIpc) is 2.33. The van der Waals surface area contributed by atoms with Crippen molar-refractivity contribution >= 4 is 23.1 Å². The number of nitrogens with two attached hydrogens (primary N) is 1. The number of anilines is 2. The van der Waals surface area contributed by atoms with Gasteiger partial charge in [0.2, 0.25) is 0 Å². The van der Waals surface area contributed by atoms with E-state index in [1.807, 2.05) is 43.3 Å². The third-order valence-electron chi connectivity index (χ3n) is 2.47. The molecule has 0 amide bonds. The second-order valence-electron chi connectivity index (χ2n) is 3.86. The molecule has 2 aromatic rings. The van der Waals surface area contributed by atoms with Crippen LogP contribution in [0, 0.1) is 0 Å². The minimum absolute atomic E-state index is 0.299. The summed E-state index contributed by atoms with van der Waals surface area (Å²) in [4.78, 5) is 10.0. The second-order valence-corrected chi connectivity index (χ2v) is 4.24. The van der Waals surface area contributed by atoms with E-state index in [9.17, 15) is 0 Å². The van der Waals surface area contributed by atoms with Crippen LogP contribution in [0.15, 0.2) is 30.6 Å². The smallest absolute Gasteiger partial charge is 0.146 e. The lowest BCUT2D eigenvalue weighted by Crippen LogP contribution is -2.08. The quantitative estimate of drug-likeness (QED) is 0.887. The normalized spacial score (nSPS) is 10.3. The van der Waals surface area contributed by atoms with Crippen LogP contribution < -0.4 is 10.6 Å². The molecule has 1 heterocycles. The predicted molar refractivity (Wildman–Crippen MR) is 71.2 cm³/mol. The van der Waals surface area contributed by atoms with Crippen molar-refractivity contribution in [1.29, 1.82) is 0 Å². The van der Waals surface area contributed by atoms with E-state index < -0.39 is 0 Å². The minimum Gasteiger partial charge on any atom is -0.382 e. The van der Waals surface area contributed by atoms with Gasteiger partial charge in [-0.15, -0.1) is 0 Å². The Balaban J connectivity index is 2.43.